The van der Waals surface area contributed by atoms with E-state index in [0.29, 0.717) is 5.69 Å². The highest BCUT2D eigenvalue weighted by molar-refractivity contribution is 9.10. The van der Waals surface area contributed by atoms with Gasteiger partial charge in [0, 0.05) is 4.47 Å². The fourth-order valence-corrected chi connectivity index (χ4v) is 2.46. The SMILES string of the molecule is O=c1[nH]c2cccc(F)c2c(=O)n1-c1cccc(Br)c1. The monoisotopic (exact) mass is 334 g/mol. The average molecular weight is 335 g/mol. The molecule has 0 fully saturated rings. The van der Waals surface area contributed by atoms with Gasteiger partial charge in [-0.3, -0.25) is 4.79 Å². The first-order valence-corrected chi connectivity index (χ1v) is 6.57. The Morgan fingerprint density at radius 3 is 2.60 bits per heavy atom. The van der Waals surface area contributed by atoms with Gasteiger partial charge in [-0.2, -0.15) is 0 Å². The van der Waals surface area contributed by atoms with Gasteiger partial charge in [-0.15, -0.1) is 0 Å². The normalized spacial score (nSPS) is 10.9. The molecule has 0 spiro atoms. The van der Waals surface area contributed by atoms with Crippen LogP contribution in [0.1, 0.15) is 0 Å². The summed E-state index contributed by atoms with van der Waals surface area (Å²) in [5.74, 6) is -0.660. The molecule has 3 aromatic rings. The second-order valence-corrected chi connectivity index (χ2v) is 5.13. The molecule has 0 aliphatic rings. The lowest BCUT2D eigenvalue weighted by atomic mass is 10.2. The average Bonchev–Trinajstić information content (AvgIpc) is 2.38. The molecule has 3 rings (SSSR count). The van der Waals surface area contributed by atoms with Gasteiger partial charge in [0.25, 0.3) is 5.56 Å². The first-order chi connectivity index (χ1) is 9.58. The van der Waals surface area contributed by atoms with Crippen molar-refractivity contribution in [2.45, 2.75) is 0 Å². The van der Waals surface area contributed by atoms with Crippen LogP contribution >= 0.6 is 15.9 Å². The predicted octanol–water partition coefficient (Wildman–Crippen LogP) is 2.58. The lowest BCUT2D eigenvalue weighted by Gasteiger charge is -2.07. The molecule has 2 aromatic carbocycles. The summed E-state index contributed by atoms with van der Waals surface area (Å²) in [5.41, 5.74) is -0.729. The molecule has 20 heavy (non-hydrogen) atoms. The summed E-state index contributed by atoms with van der Waals surface area (Å²) in [4.78, 5) is 26.9. The maximum atomic E-state index is 13.8. The Labute approximate surface area is 120 Å². The van der Waals surface area contributed by atoms with Crippen LogP contribution in [-0.2, 0) is 0 Å². The molecule has 1 heterocycles. The van der Waals surface area contributed by atoms with E-state index in [1.807, 2.05) is 0 Å². The van der Waals surface area contributed by atoms with Crippen LogP contribution in [0.2, 0.25) is 0 Å². The number of nitrogens with one attached hydrogen (secondary N) is 1. The van der Waals surface area contributed by atoms with Crippen molar-refractivity contribution in [1.82, 2.24) is 9.55 Å². The number of H-pyrrole nitrogens is 1. The molecular weight excluding hydrogens is 327 g/mol. The molecule has 0 aliphatic heterocycles. The molecule has 0 aliphatic carbocycles. The molecule has 1 N–H and O–H groups in total. The number of rotatable bonds is 1. The highest BCUT2D eigenvalue weighted by Gasteiger charge is 2.12. The molecule has 0 atom stereocenters. The number of fused-ring (bicyclic) bond motifs is 1. The van der Waals surface area contributed by atoms with Crippen LogP contribution < -0.4 is 11.2 Å². The minimum absolute atomic E-state index is 0.132. The van der Waals surface area contributed by atoms with Crippen LogP contribution in [0.25, 0.3) is 16.6 Å². The molecule has 100 valence electrons. The van der Waals surface area contributed by atoms with Crippen molar-refractivity contribution in [2.75, 3.05) is 0 Å². The van der Waals surface area contributed by atoms with E-state index in [9.17, 15) is 14.0 Å². The van der Waals surface area contributed by atoms with Crippen LogP contribution in [0.15, 0.2) is 56.5 Å². The van der Waals surface area contributed by atoms with E-state index in [2.05, 4.69) is 20.9 Å². The Hall–Kier alpha value is -2.21. The Balaban J connectivity index is 2.46. The van der Waals surface area contributed by atoms with Crippen molar-refractivity contribution in [3.05, 3.63) is 73.6 Å². The number of halogens is 2. The number of aromatic nitrogens is 2. The molecule has 0 saturated carbocycles. The second-order valence-electron chi connectivity index (χ2n) is 4.21. The van der Waals surface area contributed by atoms with Gasteiger partial charge in [0.2, 0.25) is 0 Å². The zero-order valence-electron chi connectivity index (χ0n) is 10.1. The summed E-state index contributed by atoms with van der Waals surface area (Å²) in [6.45, 7) is 0. The van der Waals surface area contributed by atoms with Gasteiger partial charge >= 0.3 is 5.69 Å². The van der Waals surface area contributed by atoms with Crippen LogP contribution in [0.5, 0.6) is 0 Å². The fraction of sp³-hybridized carbons (Fsp3) is 0. The number of nitrogens with zero attached hydrogens (tertiary/aromatic N) is 1. The first-order valence-electron chi connectivity index (χ1n) is 5.77. The zero-order chi connectivity index (χ0) is 14.3. The van der Waals surface area contributed by atoms with Gasteiger partial charge in [0.05, 0.1) is 16.6 Å². The van der Waals surface area contributed by atoms with Crippen LogP contribution in [0.3, 0.4) is 0 Å². The molecule has 0 radical (unpaired) electrons. The van der Waals surface area contributed by atoms with Crippen molar-refractivity contribution >= 4 is 26.8 Å². The van der Waals surface area contributed by atoms with Gasteiger partial charge in [0.1, 0.15) is 5.82 Å². The Morgan fingerprint density at radius 1 is 1.10 bits per heavy atom. The van der Waals surface area contributed by atoms with E-state index < -0.39 is 17.1 Å². The summed E-state index contributed by atoms with van der Waals surface area (Å²) in [6.07, 6.45) is 0. The maximum absolute atomic E-state index is 13.8. The van der Waals surface area contributed by atoms with Gasteiger partial charge in [-0.25, -0.2) is 13.8 Å². The van der Waals surface area contributed by atoms with E-state index in [-0.39, 0.29) is 10.9 Å². The molecular formula is C14H8BrFN2O2. The molecule has 1 aromatic heterocycles. The fourth-order valence-electron chi connectivity index (χ4n) is 2.07. The largest absolute Gasteiger partial charge is 0.333 e. The van der Waals surface area contributed by atoms with Crippen molar-refractivity contribution < 1.29 is 4.39 Å². The van der Waals surface area contributed by atoms with Gasteiger partial charge in [-0.1, -0.05) is 28.1 Å². The van der Waals surface area contributed by atoms with E-state index >= 15 is 0 Å². The third-order valence-electron chi connectivity index (χ3n) is 2.94. The number of benzene rings is 2. The minimum Gasteiger partial charge on any atom is -0.306 e. The van der Waals surface area contributed by atoms with Gasteiger partial charge in [-0.05, 0) is 30.3 Å². The Morgan fingerprint density at radius 2 is 1.85 bits per heavy atom. The van der Waals surface area contributed by atoms with Crippen LogP contribution in [0, 0.1) is 5.82 Å². The van der Waals surface area contributed by atoms with Crippen LogP contribution in [0.4, 0.5) is 4.39 Å². The topological polar surface area (TPSA) is 54.9 Å². The third kappa shape index (κ3) is 1.98. The molecule has 0 amide bonds. The zero-order valence-corrected chi connectivity index (χ0v) is 11.6. The van der Waals surface area contributed by atoms with E-state index in [4.69, 9.17) is 0 Å². The summed E-state index contributed by atoms with van der Waals surface area (Å²) >= 11 is 3.27. The first kappa shape index (κ1) is 12.8. The minimum atomic E-state index is -0.681. The van der Waals surface area contributed by atoms with Crippen molar-refractivity contribution in [3.63, 3.8) is 0 Å². The summed E-state index contributed by atoms with van der Waals surface area (Å²) in [7, 11) is 0. The van der Waals surface area contributed by atoms with Crippen molar-refractivity contribution in [3.8, 4) is 5.69 Å². The number of aromatic amines is 1. The molecule has 4 nitrogen and oxygen atoms in total. The van der Waals surface area contributed by atoms with Crippen molar-refractivity contribution in [2.24, 2.45) is 0 Å². The summed E-state index contributed by atoms with van der Waals surface area (Å²) in [5, 5.41) is -0.132. The quantitative estimate of drug-likeness (QED) is 0.743. The Bertz CT molecular complexity index is 930. The highest BCUT2D eigenvalue weighted by Crippen LogP contribution is 2.14. The highest BCUT2D eigenvalue weighted by atomic mass is 79.9. The summed E-state index contributed by atoms with van der Waals surface area (Å²) < 4.78 is 15.4. The van der Waals surface area contributed by atoms with E-state index in [1.165, 1.54) is 18.2 Å². The molecule has 6 heteroatoms. The lowest BCUT2D eigenvalue weighted by Crippen LogP contribution is -2.34. The molecule has 0 saturated heterocycles. The van der Waals surface area contributed by atoms with Crippen molar-refractivity contribution in [1.29, 1.82) is 0 Å². The molecule has 0 bridgehead atoms. The van der Waals surface area contributed by atoms with E-state index in [0.717, 1.165) is 9.04 Å². The predicted molar refractivity (Wildman–Crippen MR) is 77.8 cm³/mol. The lowest BCUT2D eigenvalue weighted by molar-refractivity contribution is 0.637. The third-order valence-corrected chi connectivity index (χ3v) is 3.43. The summed E-state index contributed by atoms with van der Waals surface area (Å²) in [6, 6.07) is 10.8. The van der Waals surface area contributed by atoms with Gasteiger partial charge < -0.3 is 4.98 Å². The number of hydrogen-bond donors (Lipinski definition) is 1. The van der Waals surface area contributed by atoms with E-state index in [1.54, 1.807) is 24.3 Å². The standard InChI is InChI=1S/C14H8BrFN2O2/c15-8-3-1-4-9(7-8)18-13(19)12-10(16)5-2-6-11(12)17-14(18)20/h1-7H,(H,17,20). The van der Waals surface area contributed by atoms with Crippen LogP contribution in [-0.4, -0.2) is 9.55 Å². The molecule has 0 unspecified atom stereocenters. The van der Waals surface area contributed by atoms with Gasteiger partial charge in [0.15, 0.2) is 0 Å². The number of hydrogen-bond acceptors (Lipinski definition) is 2. The smallest absolute Gasteiger partial charge is 0.306 e. The second kappa shape index (κ2) is 4.72. The Kier molecular flexibility index (Phi) is 3.02. The maximum Gasteiger partial charge on any atom is 0.333 e.